The van der Waals surface area contributed by atoms with E-state index in [1.165, 1.54) is 18.4 Å². The molecule has 0 radical (unpaired) electrons. The van der Waals surface area contributed by atoms with Gasteiger partial charge < -0.3 is 0 Å². The summed E-state index contributed by atoms with van der Waals surface area (Å²) >= 11 is 0. The second kappa shape index (κ2) is 7.25. The van der Waals surface area contributed by atoms with Crippen LogP contribution >= 0.6 is 0 Å². The molecule has 2 heteroatoms. The van der Waals surface area contributed by atoms with Crippen LogP contribution in [0, 0.1) is 0 Å². The fourth-order valence-corrected chi connectivity index (χ4v) is 0.933. The number of rotatable bonds is 2. The summed E-state index contributed by atoms with van der Waals surface area (Å²) in [5.41, 5.74) is 1.44. The average Bonchev–Trinajstić information content (AvgIpc) is 2.11. The number of hydrazine groups is 1. The van der Waals surface area contributed by atoms with E-state index < -0.39 is 0 Å². The minimum Gasteiger partial charge on any atom is -0.274 e. The van der Waals surface area contributed by atoms with Crippen molar-refractivity contribution in [2.75, 3.05) is 0 Å². The largest absolute Gasteiger partial charge is 0.274 e. The van der Waals surface area contributed by atoms with Crippen molar-refractivity contribution in [3.8, 4) is 0 Å². The summed E-state index contributed by atoms with van der Waals surface area (Å²) in [5.74, 6) is 8.00. The van der Waals surface area contributed by atoms with Crippen LogP contribution in [0.4, 0.5) is 0 Å². The Morgan fingerprint density at radius 2 is 1.64 bits per heavy atom. The highest BCUT2D eigenvalue weighted by Crippen LogP contribution is 2.00. The fourth-order valence-electron chi connectivity index (χ4n) is 0.933. The first-order valence-corrected chi connectivity index (χ1v) is 3.80. The maximum atomic E-state index is 4.00. The van der Waals surface area contributed by atoms with Gasteiger partial charge in [-0.2, -0.15) is 0 Å². The predicted molar refractivity (Wildman–Crippen MR) is 48.8 cm³/mol. The molecular weight excluding hydrogens is 136 g/mol. The van der Waals surface area contributed by atoms with E-state index in [1.807, 2.05) is 0 Å². The maximum Gasteiger partial charge on any atom is -0.0281 e. The number of hydrogen-bond donors (Lipinski definition) is 2. The highest BCUT2D eigenvalue weighted by molar-refractivity contribution is 5.14. The molecule has 0 unspecified atom stereocenters. The maximum absolute atomic E-state index is 4.00. The van der Waals surface area contributed by atoms with Gasteiger partial charge in [0.1, 0.15) is 0 Å². The van der Waals surface area contributed by atoms with Crippen molar-refractivity contribution in [1.29, 1.82) is 0 Å². The van der Waals surface area contributed by atoms with E-state index in [0.717, 1.165) is 0 Å². The molecule has 0 spiro atoms. The summed E-state index contributed by atoms with van der Waals surface area (Å²) in [6, 6.07) is 10.6. The van der Waals surface area contributed by atoms with Crippen molar-refractivity contribution in [1.82, 2.24) is 0 Å². The summed E-state index contributed by atoms with van der Waals surface area (Å²) in [6.45, 7) is 2.20. The Balaban J connectivity index is 0.000000461. The van der Waals surface area contributed by atoms with Gasteiger partial charge in [0.2, 0.25) is 0 Å². The topological polar surface area (TPSA) is 52.0 Å². The van der Waals surface area contributed by atoms with Crippen LogP contribution in [0.15, 0.2) is 30.3 Å². The molecule has 62 valence electrons. The molecule has 0 aromatic heterocycles. The van der Waals surface area contributed by atoms with Crippen LogP contribution in [0.3, 0.4) is 0 Å². The van der Waals surface area contributed by atoms with E-state index in [0.29, 0.717) is 0 Å². The monoisotopic (exact) mass is 152 g/mol. The molecule has 0 bridgehead atoms. The molecule has 11 heavy (non-hydrogen) atoms. The zero-order valence-corrected chi connectivity index (χ0v) is 6.96. The molecule has 0 aliphatic carbocycles. The molecule has 0 heterocycles. The van der Waals surface area contributed by atoms with E-state index in [-0.39, 0.29) is 0 Å². The molecule has 1 aromatic rings. The molecule has 2 nitrogen and oxygen atoms in total. The minimum atomic E-state index is 1.21. The second-order valence-corrected chi connectivity index (χ2v) is 2.24. The summed E-state index contributed by atoms with van der Waals surface area (Å²) in [7, 11) is 0. The zero-order chi connectivity index (χ0) is 8.53. The number of benzene rings is 1. The van der Waals surface area contributed by atoms with Crippen molar-refractivity contribution >= 4 is 0 Å². The molecule has 0 fully saturated rings. The van der Waals surface area contributed by atoms with Gasteiger partial charge in [-0.25, -0.2) is 0 Å². The van der Waals surface area contributed by atoms with Gasteiger partial charge in [0.15, 0.2) is 0 Å². The molecule has 1 aromatic carbocycles. The first-order chi connectivity index (χ1) is 5.43. The number of aryl methyl sites for hydroxylation is 1. The Morgan fingerprint density at radius 3 is 2.09 bits per heavy atom. The zero-order valence-electron chi connectivity index (χ0n) is 6.96. The van der Waals surface area contributed by atoms with Crippen LogP contribution in [-0.2, 0) is 6.42 Å². The van der Waals surface area contributed by atoms with Gasteiger partial charge in [0.25, 0.3) is 0 Å². The molecule has 0 saturated carbocycles. The average molecular weight is 152 g/mol. The van der Waals surface area contributed by atoms with Crippen molar-refractivity contribution in [2.24, 2.45) is 11.7 Å². The summed E-state index contributed by atoms with van der Waals surface area (Å²) in [4.78, 5) is 0. The molecule has 0 amide bonds. The number of hydrogen-bond acceptors (Lipinski definition) is 2. The Kier molecular flexibility index (Phi) is 6.68. The molecule has 0 aliphatic heterocycles. The van der Waals surface area contributed by atoms with Gasteiger partial charge in [-0.1, -0.05) is 43.7 Å². The van der Waals surface area contributed by atoms with Crippen molar-refractivity contribution in [3.63, 3.8) is 0 Å². The van der Waals surface area contributed by atoms with E-state index in [1.54, 1.807) is 0 Å². The van der Waals surface area contributed by atoms with Crippen LogP contribution in [0.25, 0.3) is 0 Å². The lowest BCUT2D eigenvalue weighted by Gasteiger charge is -1.93. The Morgan fingerprint density at radius 1 is 1.09 bits per heavy atom. The van der Waals surface area contributed by atoms with Crippen molar-refractivity contribution < 1.29 is 0 Å². The second-order valence-electron chi connectivity index (χ2n) is 2.24. The van der Waals surface area contributed by atoms with Crippen molar-refractivity contribution in [3.05, 3.63) is 35.9 Å². The quantitative estimate of drug-likeness (QED) is 0.498. The lowest BCUT2D eigenvalue weighted by atomic mass is 10.1. The first-order valence-electron chi connectivity index (χ1n) is 3.80. The summed E-state index contributed by atoms with van der Waals surface area (Å²) in [5, 5.41) is 0. The number of nitrogens with two attached hydrogens (primary N) is 2. The smallest absolute Gasteiger partial charge is 0.0281 e. The Hall–Kier alpha value is -0.860. The molecule has 0 saturated heterocycles. The third-order valence-corrected chi connectivity index (χ3v) is 1.38. The highest BCUT2D eigenvalue weighted by Gasteiger charge is 1.84. The lowest BCUT2D eigenvalue weighted by molar-refractivity contribution is 0.922. The predicted octanol–water partition coefficient (Wildman–Crippen LogP) is 1.46. The molecule has 0 aliphatic rings. The van der Waals surface area contributed by atoms with Gasteiger partial charge in [0.05, 0.1) is 0 Å². The minimum absolute atomic E-state index is 1.21. The highest BCUT2D eigenvalue weighted by atomic mass is 15.0. The standard InChI is InChI=1S/C9H12.H4N2/c1-2-6-9-7-4-3-5-8-9;1-2/h3-5,7-8H,2,6H2,1H3;1-2H2. The molecular formula is C9H16N2. The SMILES string of the molecule is CCCc1ccccc1.NN. The Labute approximate surface area is 68.2 Å². The fraction of sp³-hybridized carbons (Fsp3) is 0.333. The van der Waals surface area contributed by atoms with Gasteiger partial charge >= 0.3 is 0 Å². The Bertz CT molecular complexity index is 160. The van der Waals surface area contributed by atoms with Crippen LogP contribution in [0.5, 0.6) is 0 Å². The van der Waals surface area contributed by atoms with Gasteiger partial charge in [-0.05, 0) is 12.0 Å². The molecule has 0 atom stereocenters. The van der Waals surface area contributed by atoms with E-state index >= 15 is 0 Å². The third kappa shape index (κ3) is 4.53. The van der Waals surface area contributed by atoms with Gasteiger partial charge in [-0.3, -0.25) is 11.7 Å². The summed E-state index contributed by atoms with van der Waals surface area (Å²) in [6.07, 6.45) is 2.45. The van der Waals surface area contributed by atoms with Crippen LogP contribution in [0.2, 0.25) is 0 Å². The van der Waals surface area contributed by atoms with Crippen LogP contribution in [0.1, 0.15) is 18.9 Å². The molecule has 4 N–H and O–H groups in total. The van der Waals surface area contributed by atoms with Crippen LogP contribution < -0.4 is 11.7 Å². The van der Waals surface area contributed by atoms with E-state index in [4.69, 9.17) is 0 Å². The summed E-state index contributed by atoms with van der Waals surface area (Å²) < 4.78 is 0. The molecule has 1 rings (SSSR count). The van der Waals surface area contributed by atoms with Crippen molar-refractivity contribution in [2.45, 2.75) is 19.8 Å². The first kappa shape index (κ1) is 10.1. The van der Waals surface area contributed by atoms with E-state index in [9.17, 15) is 0 Å². The van der Waals surface area contributed by atoms with Gasteiger partial charge in [0, 0.05) is 0 Å². The third-order valence-electron chi connectivity index (χ3n) is 1.38. The normalized spacial score (nSPS) is 8.27. The van der Waals surface area contributed by atoms with Crippen LogP contribution in [-0.4, -0.2) is 0 Å². The van der Waals surface area contributed by atoms with E-state index in [2.05, 4.69) is 48.9 Å². The lowest BCUT2D eigenvalue weighted by Crippen LogP contribution is -2.02. The van der Waals surface area contributed by atoms with Gasteiger partial charge in [-0.15, -0.1) is 0 Å².